The first kappa shape index (κ1) is 28.8. The van der Waals surface area contributed by atoms with Crippen LogP contribution in [-0.2, 0) is 0 Å². The van der Waals surface area contributed by atoms with Gasteiger partial charge in [0, 0.05) is 16.6 Å². The highest BCUT2D eigenvalue weighted by Crippen LogP contribution is 2.50. The molecule has 230 valence electrons. The van der Waals surface area contributed by atoms with Gasteiger partial charge < -0.3 is 4.90 Å². The maximum Gasteiger partial charge on any atom is 0.0546 e. The number of hydrogen-bond donors (Lipinski definition) is 0. The minimum atomic E-state index is 1.11. The molecule has 0 saturated carbocycles. The Kier molecular flexibility index (Phi) is 7.22. The van der Waals surface area contributed by atoms with Gasteiger partial charge in [-0.3, -0.25) is 0 Å². The van der Waals surface area contributed by atoms with Crippen LogP contribution in [0.25, 0.3) is 65.7 Å². The lowest BCUT2D eigenvalue weighted by atomic mass is 9.87. The van der Waals surface area contributed by atoms with Crippen LogP contribution in [0.15, 0.2) is 200 Å². The topological polar surface area (TPSA) is 3.24 Å². The van der Waals surface area contributed by atoms with Crippen molar-refractivity contribution >= 4 is 49.4 Å². The van der Waals surface area contributed by atoms with Gasteiger partial charge in [0.2, 0.25) is 0 Å². The molecular formula is C48H33N. The second kappa shape index (κ2) is 12.3. The van der Waals surface area contributed by atoms with Crippen LogP contribution in [0.1, 0.15) is 0 Å². The van der Waals surface area contributed by atoms with E-state index in [2.05, 4.69) is 205 Å². The lowest BCUT2D eigenvalue weighted by Gasteiger charge is -2.31. The Morgan fingerprint density at radius 2 is 0.837 bits per heavy atom. The normalized spacial score (nSPS) is 11.3. The van der Waals surface area contributed by atoms with Crippen LogP contribution in [0.3, 0.4) is 0 Å². The SMILES string of the molecule is c1ccc(-c2ccccc2-c2c(-c3ccccc3)cccc2N(c2ccc3ccccc3c2)c2cc3ccccc3c3ccccc23)cc1. The van der Waals surface area contributed by atoms with Crippen LogP contribution >= 0.6 is 0 Å². The molecule has 49 heavy (non-hydrogen) atoms. The van der Waals surface area contributed by atoms with Gasteiger partial charge >= 0.3 is 0 Å². The summed E-state index contributed by atoms with van der Waals surface area (Å²) in [5.74, 6) is 0. The first-order valence-corrected chi connectivity index (χ1v) is 16.9. The predicted octanol–water partition coefficient (Wildman–Crippen LogP) is 13.6. The summed E-state index contributed by atoms with van der Waals surface area (Å²) < 4.78 is 0. The molecule has 0 atom stereocenters. The second-order valence-electron chi connectivity index (χ2n) is 12.5. The summed E-state index contributed by atoms with van der Waals surface area (Å²) in [4.78, 5) is 2.49. The molecule has 0 heterocycles. The van der Waals surface area contributed by atoms with Gasteiger partial charge in [-0.05, 0) is 79.0 Å². The van der Waals surface area contributed by atoms with Gasteiger partial charge in [0.05, 0.1) is 11.4 Å². The van der Waals surface area contributed by atoms with E-state index in [4.69, 9.17) is 0 Å². The molecule has 0 aromatic heterocycles. The van der Waals surface area contributed by atoms with Gasteiger partial charge in [-0.2, -0.15) is 0 Å². The second-order valence-corrected chi connectivity index (χ2v) is 12.5. The number of benzene rings is 9. The maximum atomic E-state index is 2.49. The van der Waals surface area contributed by atoms with Crippen molar-refractivity contribution in [1.29, 1.82) is 0 Å². The first-order chi connectivity index (χ1) is 24.3. The molecule has 1 nitrogen and oxygen atoms in total. The van der Waals surface area contributed by atoms with Crippen molar-refractivity contribution in [1.82, 2.24) is 0 Å². The Bertz CT molecular complexity index is 2600. The molecular weight excluding hydrogens is 591 g/mol. The summed E-state index contributed by atoms with van der Waals surface area (Å²) in [7, 11) is 0. The Labute approximate surface area is 287 Å². The van der Waals surface area contributed by atoms with Crippen LogP contribution < -0.4 is 4.90 Å². The minimum Gasteiger partial charge on any atom is -0.309 e. The molecule has 0 radical (unpaired) electrons. The fourth-order valence-corrected chi connectivity index (χ4v) is 7.38. The Balaban J connectivity index is 1.43. The zero-order valence-electron chi connectivity index (χ0n) is 27.0. The van der Waals surface area contributed by atoms with E-state index in [9.17, 15) is 0 Å². The Morgan fingerprint density at radius 1 is 0.286 bits per heavy atom. The molecule has 0 aliphatic rings. The van der Waals surface area contributed by atoms with Crippen LogP contribution in [0.2, 0.25) is 0 Å². The third-order valence-corrected chi connectivity index (χ3v) is 9.63. The summed E-state index contributed by atoms with van der Waals surface area (Å²) in [6.45, 7) is 0. The van der Waals surface area contributed by atoms with Crippen molar-refractivity contribution in [3.63, 3.8) is 0 Å². The molecule has 9 aromatic carbocycles. The van der Waals surface area contributed by atoms with E-state index in [1.807, 2.05) is 0 Å². The van der Waals surface area contributed by atoms with Gasteiger partial charge in [0.15, 0.2) is 0 Å². The van der Waals surface area contributed by atoms with Crippen molar-refractivity contribution < 1.29 is 0 Å². The van der Waals surface area contributed by atoms with E-state index in [0.717, 1.165) is 17.1 Å². The molecule has 0 N–H and O–H groups in total. The lowest BCUT2D eigenvalue weighted by Crippen LogP contribution is -2.12. The highest BCUT2D eigenvalue weighted by molar-refractivity contribution is 6.15. The smallest absolute Gasteiger partial charge is 0.0546 e. The van der Waals surface area contributed by atoms with Crippen molar-refractivity contribution in [2.75, 3.05) is 4.90 Å². The van der Waals surface area contributed by atoms with Gasteiger partial charge in [-0.1, -0.05) is 176 Å². The summed E-state index contributed by atoms with van der Waals surface area (Å²) in [6.07, 6.45) is 0. The molecule has 9 aromatic rings. The zero-order chi connectivity index (χ0) is 32.6. The fraction of sp³-hybridized carbons (Fsp3) is 0. The highest BCUT2D eigenvalue weighted by atomic mass is 15.1. The summed E-state index contributed by atoms with van der Waals surface area (Å²) in [5.41, 5.74) is 10.5. The summed E-state index contributed by atoms with van der Waals surface area (Å²) in [6, 6.07) is 72.6. The Morgan fingerprint density at radius 3 is 1.59 bits per heavy atom. The minimum absolute atomic E-state index is 1.11. The number of nitrogens with zero attached hydrogens (tertiary/aromatic N) is 1. The number of rotatable bonds is 6. The number of fused-ring (bicyclic) bond motifs is 4. The summed E-state index contributed by atoms with van der Waals surface area (Å²) in [5, 5.41) is 7.36. The lowest BCUT2D eigenvalue weighted by molar-refractivity contribution is 1.31. The molecule has 0 unspecified atom stereocenters. The maximum absolute atomic E-state index is 2.49. The molecule has 0 saturated heterocycles. The highest BCUT2D eigenvalue weighted by Gasteiger charge is 2.24. The number of hydrogen-bond acceptors (Lipinski definition) is 1. The van der Waals surface area contributed by atoms with Gasteiger partial charge in [-0.15, -0.1) is 0 Å². The van der Waals surface area contributed by atoms with E-state index in [1.165, 1.54) is 65.7 Å². The Hall–Kier alpha value is -6.44. The first-order valence-electron chi connectivity index (χ1n) is 16.9. The zero-order valence-corrected chi connectivity index (χ0v) is 27.0. The van der Waals surface area contributed by atoms with Crippen LogP contribution in [0, 0.1) is 0 Å². The largest absolute Gasteiger partial charge is 0.309 e. The van der Waals surface area contributed by atoms with E-state index in [0.29, 0.717) is 0 Å². The van der Waals surface area contributed by atoms with E-state index < -0.39 is 0 Å². The molecule has 0 fully saturated rings. The van der Waals surface area contributed by atoms with E-state index in [1.54, 1.807) is 0 Å². The van der Waals surface area contributed by atoms with Gasteiger partial charge in [-0.25, -0.2) is 0 Å². The van der Waals surface area contributed by atoms with Crippen molar-refractivity contribution in [2.24, 2.45) is 0 Å². The average molecular weight is 624 g/mol. The molecule has 0 aliphatic heterocycles. The number of anilines is 3. The average Bonchev–Trinajstić information content (AvgIpc) is 3.18. The van der Waals surface area contributed by atoms with E-state index >= 15 is 0 Å². The van der Waals surface area contributed by atoms with Crippen LogP contribution in [0.4, 0.5) is 17.1 Å². The fourth-order valence-electron chi connectivity index (χ4n) is 7.38. The van der Waals surface area contributed by atoms with Gasteiger partial charge in [0.25, 0.3) is 0 Å². The van der Waals surface area contributed by atoms with Crippen LogP contribution in [0.5, 0.6) is 0 Å². The monoisotopic (exact) mass is 623 g/mol. The standard InChI is InChI=1S/C48H33N/c1-3-17-35(18-4-1)40-23-11-14-27-45(40)48-42(36-19-5-2-6-20-36)28-15-29-46(48)49(39-31-30-34-16-7-8-21-37(34)32-39)47-33-38-22-9-10-24-41(38)43-25-12-13-26-44(43)47/h1-33H. The third-order valence-electron chi connectivity index (χ3n) is 9.63. The predicted molar refractivity (Wildman–Crippen MR) is 210 cm³/mol. The molecule has 1 heteroatoms. The molecule has 0 aliphatic carbocycles. The third kappa shape index (κ3) is 5.13. The van der Waals surface area contributed by atoms with E-state index in [-0.39, 0.29) is 0 Å². The van der Waals surface area contributed by atoms with Gasteiger partial charge in [0.1, 0.15) is 0 Å². The van der Waals surface area contributed by atoms with Crippen molar-refractivity contribution in [3.05, 3.63) is 200 Å². The molecule has 0 spiro atoms. The quantitative estimate of drug-likeness (QED) is 0.167. The summed E-state index contributed by atoms with van der Waals surface area (Å²) >= 11 is 0. The molecule has 0 amide bonds. The van der Waals surface area contributed by atoms with Crippen molar-refractivity contribution in [3.8, 4) is 33.4 Å². The van der Waals surface area contributed by atoms with Crippen LogP contribution in [-0.4, -0.2) is 0 Å². The molecule has 9 rings (SSSR count). The van der Waals surface area contributed by atoms with Crippen molar-refractivity contribution in [2.45, 2.75) is 0 Å². The molecule has 0 bridgehead atoms.